The van der Waals surface area contributed by atoms with Crippen molar-refractivity contribution in [2.45, 2.75) is 20.0 Å². The number of fused-ring (bicyclic) bond motifs is 1. The fraction of sp³-hybridized carbons (Fsp3) is 0.176. The van der Waals surface area contributed by atoms with E-state index in [1.165, 1.54) is 0 Å². The zero-order chi connectivity index (χ0) is 16.4. The monoisotopic (exact) mass is 349 g/mol. The van der Waals surface area contributed by atoms with Gasteiger partial charge in [0.1, 0.15) is 11.6 Å². The van der Waals surface area contributed by atoms with Gasteiger partial charge in [-0.3, -0.25) is 0 Å². The molecule has 3 rings (SSSR count). The molecule has 4 nitrogen and oxygen atoms in total. The molecule has 2 aromatic rings. The van der Waals surface area contributed by atoms with Crippen molar-refractivity contribution in [3.63, 3.8) is 0 Å². The van der Waals surface area contributed by atoms with E-state index in [1.807, 2.05) is 37.3 Å². The molecule has 1 aliphatic heterocycles. The van der Waals surface area contributed by atoms with Gasteiger partial charge in [-0.05, 0) is 42.3 Å². The minimum atomic E-state index is 0.540. The average molecular weight is 350 g/mol. The molecule has 4 N–H and O–H groups in total. The van der Waals surface area contributed by atoms with Crippen LogP contribution in [0.25, 0.3) is 0 Å². The molecule has 0 amide bonds. The van der Waals surface area contributed by atoms with Crippen LogP contribution in [0.15, 0.2) is 48.0 Å². The van der Waals surface area contributed by atoms with E-state index in [9.17, 15) is 0 Å². The highest BCUT2D eigenvalue weighted by atomic mass is 35.5. The number of anilines is 1. The summed E-state index contributed by atoms with van der Waals surface area (Å²) in [4.78, 5) is 0. The molecule has 1 heterocycles. The molecule has 0 atom stereocenters. The van der Waals surface area contributed by atoms with Gasteiger partial charge in [0.15, 0.2) is 5.75 Å². The van der Waals surface area contributed by atoms with E-state index in [-0.39, 0.29) is 0 Å². The lowest BCUT2D eigenvalue weighted by atomic mass is 10.1. The summed E-state index contributed by atoms with van der Waals surface area (Å²) in [5.41, 5.74) is 8.94. The van der Waals surface area contributed by atoms with Gasteiger partial charge in [-0.25, -0.2) is 0 Å². The molecule has 0 saturated heterocycles. The molecule has 0 saturated carbocycles. The Morgan fingerprint density at radius 1 is 1.04 bits per heavy atom. The van der Waals surface area contributed by atoms with Crippen molar-refractivity contribution >= 4 is 28.9 Å². The van der Waals surface area contributed by atoms with Crippen LogP contribution in [0.5, 0.6) is 5.75 Å². The van der Waals surface area contributed by atoms with E-state index < -0.39 is 0 Å². The second-order valence-electron chi connectivity index (χ2n) is 5.38. The third-order valence-electron chi connectivity index (χ3n) is 3.60. The smallest absolute Gasteiger partial charge is 0.150 e. The first-order valence-corrected chi connectivity index (χ1v) is 7.97. The van der Waals surface area contributed by atoms with Crippen LogP contribution in [0.4, 0.5) is 5.69 Å². The van der Waals surface area contributed by atoms with Gasteiger partial charge in [-0.1, -0.05) is 35.3 Å². The molecule has 0 radical (unpaired) electrons. The molecule has 2 aromatic carbocycles. The first-order chi connectivity index (χ1) is 11.0. The number of halogens is 2. The first kappa shape index (κ1) is 16.0. The fourth-order valence-electron chi connectivity index (χ4n) is 2.33. The second-order valence-corrected chi connectivity index (χ2v) is 6.19. The molecular formula is C17H17Cl2N3O. The summed E-state index contributed by atoms with van der Waals surface area (Å²) in [6, 6.07) is 11.6. The van der Waals surface area contributed by atoms with Gasteiger partial charge < -0.3 is 21.1 Å². The van der Waals surface area contributed by atoms with Crippen molar-refractivity contribution in [2.24, 2.45) is 5.73 Å². The Morgan fingerprint density at radius 2 is 1.74 bits per heavy atom. The quantitative estimate of drug-likeness (QED) is 0.772. The van der Waals surface area contributed by atoms with Crippen molar-refractivity contribution in [2.75, 3.05) is 5.32 Å². The zero-order valence-corrected chi connectivity index (χ0v) is 14.1. The van der Waals surface area contributed by atoms with E-state index in [1.54, 1.807) is 6.07 Å². The van der Waals surface area contributed by atoms with E-state index in [0.29, 0.717) is 28.2 Å². The van der Waals surface area contributed by atoms with Gasteiger partial charge in [0.2, 0.25) is 0 Å². The Bertz CT molecular complexity index is 774. The molecule has 120 valence electrons. The summed E-state index contributed by atoms with van der Waals surface area (Å²) in [5.74, 6) is 2.01. The van der Waals surface area contributed by atoms with Gasteiger partial charge in [0.25, 0.3) is 0 Å². The zero-order valence-electron chi connectivity index (χ0n) is 12.6. The Balaban J connectivity index is 1.62. The molecule has 6 heteroatoms. The molecule has 0 aromatic heterocycles. The fourth-order valence-corrected chi connectivity index (χ4v) is 2.65. The number of nitrogens with two attached hydrogens (primary N) is 1. The normalized spacial score (nSPS) is 13.3. The van der Waals surface area contributed by atoms with Gasteiger partial charge >= 0.3 is 0 Å². The van der Waals surface area contributed by atoms with Crippen molar-refractivity contribution in [1.82, 2.24) is 5.32 Å². The number of benzene rings is 2. The highest BCUT2D eigenvalue weighted by Gasteiger charge is 2.14. The molecule has 0 aliphatic carbocycles. The summed E-state index contributed by atoms with van der Waals surface area (Å²) >= 11 is 11.9. The maximum absolute atomic E-state index is 6.02. The van der Waals surface area contributed by atoms with Crippen LogP contribution < -0.4 is 21.1 Å². The highest BCUT2D eigenvalue weighted by molar-refractivity contribution is 6.42. The largest absolute Gasteiger partial charge is 0.456 e. The van der Waals surface area contributed by atoms with Gasteiger partial charge in [0, 0.05) is 13.1 Å². The first-order valence-electron chi connectivity index (χ1n) is 7.22. The number of nitrogens with one attached hydrogen (secondary N) is 2. The van der Waals surface area contributed by atoms with E-state index in [0.717, 1.165) is 29.1 Å². The summed E-state index contributed by atoms with van der Waals surface area (Å²) in [5, 5.41) is 7.66. The summed E-state index contributed by atoms with van der Waals surface area (Å²) < 4.78 is 5.64. The second kappa shape index (κ2) is 6.71. The van der Waals surface area contributed by atoms with Crippen LogP contribution in [-0.2, 0) is 13.1 Å². The van der Waals surface area contributed by atoms with Crippen LogP contribution >= 0.6 is 23.2 Å². The lowest BCUT2D eigenvalue weighted by molar-refractivity contribution is 0.415. The van der Waals surface area contributed by atoms with E-state index in [2.05, 4.69) is 10.6 Å². The summed E-state index contributed by atoms with van der Waals surface area (Å²) in [6.07, 6.45) is 0. The number of hydrogen-bond acceptors (Lipinski definition) is 4. The topological polar surface area (TPSA) is 59.3 Å². The maximum Gasteiger partial charge on any atom is 0.150 e. The standard InChI is InChI=1S/C17H17Cl2N3O/c1-10-17(20)22-15-7-12(3-5-16(15)23-10)9-21-8-11-2-4-13(18)14(19)6-11/h2-7,21-22H,8-9,20H2,1H3. The van der Waals surface area contributed by atoms with Crippen molar-refractivity contribution in [3.8, 4) is 5.75 Å². The third-order valence-corrected chi connectivity index (χ3v) is 4.34. The lowest BCUT2D eigenvalue weighted by Crippen LogP contribution is -2.19. The van der Waals surface area contributed by atoms with Crippen LogP contribution in [0.3, 0.4) is 0 Å². The highest BCUT2D eigenvalue weighted by Crippen LogP contribution is 2.32. The summed E-state index contributed by atoms with van der Waals surface area (Å²) in [7, 11) is 0. The van der Waals surface area contributed by atoms with Gasteiger partial charge in [-0.2, -0.15) is 0 Å². The van der Waals surface area contributed by atoms with Gasteiger partial charge in [0.05, 0.1) is 15.7 Å². The van der Waals surface area contributed by atoms with Crippen molar-refractivity contribution in [3.05, 3.63) is 69.2 Å². The maximum atomic E-state index is 6.02. The number of allylic oxidation sites excluding steroid dienone is 1. The number of rotatable bonds is 4. The van der Waals surface area contributed by atoms with Crippen LogP contribution in [0.2, 0.25) is 10.0 Å². The SMILES string of the molecule is CC1=C(N)Nc2cc(CNCc3ccc(Cl)c(Cl)c3)ccc2O1. The molecule has 0 spiro atoms. The van der Waals surface area contributed by atoms with Crippen LogP contribution in [0, 0.1) is 0 Å². The Kier molecular flexibility index (Phi) is 4.66. The Morgan fingerprint density at radius 3 is 2.48 bits per heavy atom. The van der Waals surface area contributed by atoms with Crippen molar-refractivity contribution in [1.29, 1.82) is 0 Å². The van der Waals surface area contributed by atoms with Crippen LogP contribution in [0.1, 0.15) is 18.1 Å². The van der Waals surface area contributed by atoms with E-state index in [4.69, 9.17) is 33.7 Å². The minimum absolute atomic E-state index is 0.540. The third kappa shape index (κ3) is 3.72. The molecule has 0 unspecified atom stereocenters. The van der Waals surface area contributed by atoms with Crippen molar-refractivity contribution < 1.29 is 4.74 Å². The van der Waals surface area contributed by atoms with E-state index >= 15 is 0 Å². The number of hydrogen-bond donors (Lipinski definition) is 3. The minimum Gasteiger partial charge on any atom is -0.456 e. The average Bonchev–Trinajstić information content (AvgIpc) is 2.52. The predicted octanol–water partition coefficient (Wildman–Crippen LogP) is 4.24. The summed E-state index contributed by atoms with van der Waals surface area (Å²) in [6.45, 7) is 3.26. The van der Waals surface area contributed by atoms with Crippen LogP contribution in [-0.4, -0.2) is 0 Å². The lowest BCUT2D eigenvalue weighted by Gasteiger charge is -2.21. The Hall–Kier alpha value is -1.88. The Labute approximate surface area is 145 Å². The number of ether oxygens (including phenoxy) is 1. The molecule has 0 fully saturated rings. The van der Waals surface area contributed by atoms with Gasteiger partial charge in [-0.15, -0.1) is 0 Å². The molecule has 1 aliphatic rings. The molecule has 23 heavy (non-hydrogen) atoms. The molecular weight excluding hydrogens is 333 g/mol. The predicted molar refractivity (Wildman–Crippen MR) is 94.6 cm³/mol. The molecule has 0 bridgehead atoms.